The molecule has 0 saturated heterocycles. The summed E-state index contributed by atoms with van der Waals surface area (Å²) in [7, 11) is 0. The van der Waals surface area contributed by atoms with Gasteiger partial charge in [0.15, 0.2) is 0 Å². The van der Waals surface area contributed by atoms with E-state index < -0.39 is 5.91 Å². The number of benzene rings is 2. The van der Waals surface area contributed by atoms with Crippen molar-refractivity contribution in [3.8, 4) is 0 Å². The normalized spacial score (nSPS) is 10.5. The van der Waals surface area contributed by atoms with Crippen LogP contribution in [0.3, 0.4) is 0 Å². The van der Waals surface area contributed by atoms with Crippen molar-refractivity contribution in [1.29, 1.82) is 0 Å². The van der Waals surface area contributed by atoms with Crippen molar-refractivity contribution in [2.24, 2.45) is 5.73 Å². The number of aromatic nitrogens is 1. The Kier molecular flexibility index (Phi) is 4.52. The molecule has 120 valence electrons. The second-order valence-corrected chi connectivity index (χ2v) is 5.49. The van der Waals surface area contributed by atoms with Crippen LogP contribution in [0.25, 0.3) is 10.9 Å². The third-order valence-corrected chi connectivity index (χ3v) is 3.72. The summed E-state index contributed by atoms with van der Waals surface area (Å²) in [5, 5.41) is 3.88. The first kappa shape index (κ1) is 15.7. The molecule has 2 aromatic carbocycles. The molecule has 3 N–H and O–H groups in total. The van der Waals surface area contributed by atoms with Crippen molar-refractivity contribution in [3.05, 3.63) is 71.9 Å². The number of rotatable bonds is 5. The van der Waals surface area contributed by atoms with Gasteiger partial charge in [0.25, 0.3) is 0 Å². The van der Waals surface area contributed by atoms with Crippen molar-refractivity contribution >= 4 is 28.4 Å². The maximum absolute atomic E-state index is 12.0. The number of amides is 2. The van der Waals surface area contributed by atoms with Crippen molar-refractivity contribution in [2.75, 3.05) is 5.32 Å². The zero-order chi connectivity index (χ0) is 16.9. The topological polar surface area (TPSA) is 85.1 Å². The number of carbonyl (C=O) groups is 2. The minimum absolute atomic E-state index is 0.100. The molecule has 0 aliphatic rings. The van der Waals surface area contributed by atoms with Crippen molar-refractivity contribution in [2.45, 2.75) is 12.8 Å². The number of nitrogens with two attached hydrogens (primary N) is 1. The van der Waals surface area contributed by atoms with Gasteiger partial charge >= 0.3 is 0 Å². The average molecular weight is 319 g/mol. The molecule has 0 radical (unpaired) electrons. The largest absolute Gasteiger partial charge is 0.366 e. The zero-order valence-corrected chi connectivity index (χ0v) is 13.0. The van der Waals surface area contributed by atoms with Crippen LogP contribution in [0.5, 0.6) is 0 Å². The molecule has 1 aromatic heterocycles. The zero-order valence-electron chi connectivity index (χ0n) is 13.0. The first-order chi connectivity index (χ1) is 11.6. The van der Waals surface area contributed by atoms with Gasteiger partial charge in [-0.15, -0.1) is 0 Å². The number of nitrogens with zero attached hydrogens (tertiary/aromatic N) is 1. The molecule has 0 aliphatic carbocycles. The monoisotopic (exact) mass is 319 g/mol. The molecule has 24 heavy (non-hydrogen) atoms. The van der Waals surface area contributed by atoms with Crippen LogP contribution in [0.1, 0.15) is 22.5 Å². The van der Waals surface area contributed by atoms with Gasteiger partial charge in [0.2, 0.25) is 11.8 Å². The molecule has 0 aliphatic heterocycles. The number of primary amides is 1. The fourth-order valence-electron chi connectivity index (χ4n) is 2.43. The van der Waals surface area contributed by atoms with Gasteiger partial charge in [-0.3, -0.25) is 14.6 Å². The molecule has 3 aromatic rings. The van der Waals surface area contributed by atoms with E-state index in [1.807, 2.05) is 36.4 Å². The van der Waals surface area contributed by atoms with Gasteiger partial charge in [-0.2, -0.15) is 0 Å². The second-order valence-electron chi connectivity index (χ2n) is 5.49. The van der Waals surface area contributed by atoms with Crippen LogP contribution in [0.15, 0.2) is 60.7 Å². The second kappa shape index (κ2) is 6.91. The van der Waals surface area contributed by atoms with Gasteiger partial charge in [-0.1, -0.05) is 24.3 Å². The van der Waals surface area contributed by atoms with Crippen molar-refractivity contribution in [1.82, 2.24) is 4.98 Å². The van der Waals surface area contributed by atoms with Crippen LogP contribution in [0, 0.1) is 0 Å². The van der Waals surface area contributed by atoms with Gasteiger partial charge in [0, 0.05) is 28.8 Å². The molecule has 0 saturated carbocycles. The maximum atomic E-state index is 12.0. The summed E-state index contributed by atoms with van der Waals surface area (Å²) < 4.78 is 0. The van der Waals surface area contributed by atoms with Gasteiger partial charge in [-0.05, 0) is 42.8 Å². The number of aryl methyl sites for hydroxylation is 1. The van der Waals surface area contributed by atoms with E-state index in [0.717, 1.165) is 16.6 Å². The van der Waals surface area contributed by atoms with Crippen LogP contribution in [-0.4, -0.2) is 16.8 Å². The summed E-state index contributed by atoms with van der Waals surface area (Å²) in [6, 6.07) is 18.3. The minimum Gasteiger partial charge on any atom is -0.366 e. The smallest absolute Gasteiger partial charge is 0.248 e. The molecular formula is C19H17N3O2. The summed E-state index contributed by atoms with van der Waals surface area (Å²) in [6.45, 7) is 0. The van der Waals surface area contributed by atoms with Crippen molar-refractivity contribution in [3.63, 3.8) is 0 Å². The van der Waals surface area contributed by atoms with E-state index in [1.165, 1.54) is 0 Å². The van der Waals surface area contributed by atoms with Gasteiger partial charge in [0.1, 0.15) is 0 Å². The third-order valence-electron chi connectivity index (χ3n) is 3.72. The average Bonchev–Trinajstić information content (AvgIpc) is 2.60. The van der Waals surface area contributed by atoms with E-state index in [9.17, 15) is 9.59 Å². The molecule has 3 rings (SSSR count). The van der Waals surface area contributed by atoms with Crippen molar-refractivity contribution < 1.29 is 9.59 Å². The number of hydrogen-bond donors (Lipinski definition) is 2. The number of carbonyl (C=O) groups excluding carboxylic acids is 2. The summed E-state index contributed by atoms with van der Waals surface area (Å²) in [6.07, 6.45) is 0.902. The SMILES string of the molecule is NC(=O)c1ccc(NC(=O)CCc2ccc3ccccc3n2)cc1. The Hall–Kier alpha value is -3.21. The Morgan fingerprint density at radius 1 is 0.958 bits per heavy atom. The molecule has 0 bridgehead atoms. The van der Waals surface area contributed by atoms with Crippen LogP contribution in [-0.2, 0) is 11.2 Å². The van der Waals surface area contributed by atoms with E-state index in [-0.39, 0.29) is 5.91 Å². The fourth-order valence-corrected chi connectivity index (χ4v) is 2.43. The lowest BCUT2D eigenvalue weighted by atomic mass is 10.1. The van der Waals surface area contributed by atoms with Gasteiger partial charge in [-0.25, -0.2) is 0 Å². The summed E-state index contributed by atoms with van der Waals surface area (Å²) in [4.78, 5) is 27.6. The lowest BCUT2D eigenvalue weighted by Gasteiger charge is -2.06. The number of fused-ring (bicyclic) bond motifs is 1. The third kappa shape index (κ3) is 3.76. The molecule has 0 fully saturated rings. The highest BCUT2D eigenvalue weighted by atomic mass is 16.1. The van der Waals surface area contributed by atoms with Crippen LogP contribution >= 0.6 is 0 Å². The molecule has 0 unspecified atom stereocenters. The molecule has 0 spiro atoms. The molecular weight excluding hydrogens is 302 g/mol. The van der Waals surface area contributed by atoms with Gasteiger partial charge in [0.05, 0.1) is 5.52 Å². The van der Waals surface area contributed by atoms with E-state index in [1.54, 1.807) is 24.3 Å². The molecule has 2 amide bonds. The lowest BCUT2D eigenvalue weighted by molar-refractivity contribution is -0.116. The Balaban J connectivity index is 1.59. The predicted molar refractivity (Wildman–Crippen MR) is 93.7 cm³/mol. The Bertz CT molecular complexity index is 889. The number of pyridine rings is 1. The fraction of sp³-hybridized carbons (Fsp3) is 0.105. The highest BCUT2D eigenvalue weighted by molar-refractivity contribution is 5.94. The van der Waals surface area contributed by atoms with E-state index in [4.69, 9.17) is 5.73 Å². The Morgan fingerprint density at radius 3 is 2.46 bits per heavy atom. The lowest BCUT2D eigenvalue weighted by Crippen LogP contribution is -2.14. The number of nitrogens with one attached hydrogen (secondary N) is 1. The number of hydrogen-bond acceptors (Lipinski definition) is 3. The highest BCUT2D eigenvalue weighted by Crippen LogP contribution is 2.14. The quantitative estimate of drug-likeness (QED) is 0.758. The van der Waals surface area contributed by atoms with E-state index in [0.29, 0.717) is 24.1 Å². The summed E-state index contributed by atoms with van der Waals surface area (Å²) in [5.74, 6) is -0.591. The van der Waals surface area contributed by atoms with Crippen LogP contribution < -0.4 is 11.1 Å². The Morgan fingerprint density at radius 2 is 1.71 bits per heavy atom. The van der Waals surface area contributed by atoms with E-state index in [2.05, 4.69) is 10.3 Å². The summed E-state index contributed by atoms with van der Waals surface area (Å²) >= 11 is 0. The first-order valence-electron chi connectivity index (χ1n) is 7.66. The molecule has 1 heterocycles. The number of anilines is 1. The minimum atomic E-state index is -0.491. The first-order valence-corrected chi connectivity index (χ1v) is 7.66. The summed E-state index contributed by atoms with van der Waals surface area (Å²) in [5.41, 5.74) is 8.04. The van der Waals surface area contributed by atoms with Crippen LogP contribution in [0.2, 0.25) is 0 Å². The van der Waals surface area contributed by atoms with Gasteiger partial charge < -0.3 is 11.1 Å². The van der Waals surface area contributed by atoms with E-state index >= 15 is 0 Å². The molecule has 5 heteroatoms. The highest BCUT2D eigenvalue weighted by Gasteiger charge is 2.06. The Labute approximate surface area is 139 Å². The maximum Gasteiger partial charge on any atom is 0.248 e. The molecule has 5 nitrogen and oxygen atoms in total. The standard InChI is InChI=1S/C19H17N3O2/c20-19(24)14-6-9-16(10-7-14)22-18(23)12-11-15-8-5-13-3-1-2-4-17(13)21-15/h1-10H,11-12H2,(H2,20,24)(H,22,23). The predicted octanol–water partition coefficient (Wildman–Crippen LogP) is 2.91. The molecule has 0 atom stereocenters. The number of para-hydroxylation sites is 1. The van der Waals surface area contributed by atoms with Crippen LogP contribution in [0.4, 0.5) is 5.69 Å².